The average molecular weight is 370 g/mol. The number of aryl methyl sites for hydroxylation is 2. The standard InChI is InChI=1S/C23H22N4O/c1-14-5-8-20-17(13-14)6-9-21(25-20)18-7-10-19(16(3)15(18)2)26-23(28)22-11-12-24-27(22)4/h5-13H,1-4H3,(H,26,28). The maximum atomic E-state index is 12.5. The van der Waals surface area contributed by atoms with Crippen molar-refractivity contribution in [2.24, 2.45) is 7.05 Å². The number of amides is 1. The van der Waals surface area contributed by atoms with Crippen molar-refractivity contribution in [3.63, 3.8) is 0 Å². The van der Waals surface area contributed by atoms with E-state index in [1.165, 1.54) is 5.56 Å². The van der Waals surface area contributed by atoms with Gasteiger partial charge < -0.3 is 5.32 Å². The van der Waals surface area contributed by atoms with Crippen LogP contribution in [-0.2, 0) is 7.05 Å². The van der Waals surface area contributed by atoms with E-state index in [0.717, 1.165) is 39.0 Å². The van der Waals surface area contributed by atoms with Crippen LogP contribution in [0.1, 0.15) is 27.2 Å². The molecule has 1 N–H and O–H groups in total. The zero-order valence-corrected chi connectivity index (χ0v) is 16.4. The summed E-state index contributed by atoms with van der Waals surface area (Å²) in [7, 11) is 1.75. The molecule has 2 aromatic heterocycles. The molecular weight excluding hydrogens is 348 g/mol. The van der Waals surface area contributed by atoms with Crippen molar-refractivity contribution in [2.45, 2.75) is 20.8 Å². The van der Waals surface area contributed by atoms with Crippen LogP contribution in [0.4, 0.5) is 5.69 Å². The third-order valence-corrected chi connectivity index (χ3v) is 5.21. The molecule has 0 aliphatic rings. The lowest BCUT2D eigenvalue weighted by Crippen LogP contribution is -2.17. The second-order valence-corrected chi connectivity index (χ2v) is 7.10. The minimum atomic E-state index is -0.172. The number of nitrogens with zero attached hydrogens (tertiary/aromatic N) is 3. The van der Waals surface area contributed by atoms with Crippen molar-refractivity contribution < 1.29 is 4.79 Å². The van der Waals surface area contributed by atoms with E-state index in [4.69, 9.17) is 4.98 Å². The van der Waals surface area contributed by atoms with Crippen LogP contribution >= 0.6 is 0 Å². The van der Waals surface area contributed by atoms with E-state index >= 15 is 0 Å². The Balaban J connectivity index is 1.69. The summed E-state index contributed by atoms with van der Waals surface area (Å²) in [5.74, 6) is -0.172. The molecule has 0 saturated heterocycles. The van der Waals surface area contributed by atoms with E-state index in [9.17, 15) is 4.79 Å². The highest BCUT2D eigenvalue weighted by atomic mass is 16.2. The van der Waals surface area contributed by atoms with E-state index in [2.05, 4.69) is 54.6 Å². The van der Waals surface area contributed by atoms with Crippen LogP contribution < -0.4 is 5.32 Å². The van der Waals surface area contributed by atoms with Gasteiger partial charge in [0.05, 0.1) is 11.2 Å². The summed E-state index contributed by atoms with van der Waals surface area (Å²) in [6, 6.07) is 16.1. The zero-order chi connectivity index (χ0) is 19.8. The fourth-order valence-corrected chi connectivity index (χ4v) is 3.41. The van der Waals surface area contributed by atoms with E-state index < -0.39 is 0 Å². The molecule has 1 amide bonds. The summed E-state index contributed by atoms with van der Waals surface area (Å²) in [5, 5.41) is 8.18. The largest absolute Gasteiger partial charge is 0.320 e. The summed E-state index contributed by atoms with van der Waals surface area (Å²) in [6.07, 6.45) is 1.61. The summed E-state index contributed by atoms with van der Waals surface area (Å²) in [5.41, 5.74) is 7.65. The molecule has 0 atom stereocenters. The normalized spacial score (nSPS) is 11.0. The molecule has 0 aliphatic carbocycles. The molecular formula is C23H22N4O. The van der Waals surface area contributed by atoms with Gasteiger partial charge in [0.25, 0.3) is 5.91 Å². The molecule has 0 saturated carbocycles. The number of anilines is 1. The van der Waals surface area contributed by atoms with Gasteiger partial charge in [0.1, 0.15) is 5.69 Å². The van der Waals surface area contributed by atoms with Gasteiger partial charge in [-0.05, 0) is 62.2 Å². The summed E-state index contributed by atoms with van der Waals surface area (Å²) in [4.78, 5) is 17.3. The Morgan fingerprint density at radius 1 is 0.964 bits per heavy atom. The molecule has 0 radical (unpaired) electrons. The predicted molar refractivity (Wildman–Crippen MR) is 113 cm³/mol. The SMILES string of the molecule is Cc1ccc2nc(-c3ccc(NC(=O)c4ccnn4C)c(C)c3C)ccc2c1. The lowest BCUT2D eigenvalue weighted by molar-refractivity contribution is 0.101. The predicted octanol–water partition coefficient (Wildman–Crippen LogP) is 4.81. The molecule has 0 bridgehead atoms. The second kappa shape index (κ2) is 6.93. The molecule has 28 heavy (non-hydrogen) atoms. The van der Waals surface area contributed by atoms with Gasteiger partial charge in [-0.3, -0.25) is 9.48 Å². The molecule has 4 rings (SSSR count). The van der Waals surface area contributed by atoms with Gasteiger partial charge in [-0.2, -0.15) is 5.10 Å². The maximum absolute atomic E-state index is 12.5. The lowest BCUT2D eigenvalue weighted by atomic mass is 9.98. The first-order chi connectivity index (χ1) is 13.4. The summed E-state index contributed by atoms with van der Waals surface area (Å²) < 4.78 is 1.56. The molecule has 0 fully saturated rings. The van der Waals surface area contributed by atoms with Crippen LogP contribution in [0.2, 0.25) is 0 Å². The monoisotopic (exact) mass is 370 g/mol. The van der Waals surface area contributed by atoms with E-state index in [0.29, 0.717) is 5.69 Å². The fourth-order valence-electron chi connectivity index (χ4n) is 3.41. The van der Waals surface area contributed by atoms with Crippen molar-refractivity contribution >= 4 is 22.5 Å². The van der Waals surface area contributed by atoms with Crippen molar-refractivity contribution in [3.05, 3.63) is 77.1 Å². The number of fused-ring (bicyclic) bond motifs is 1. The number of hydrogen-bond acceptors (Lipinski definition) is 3. The molecule has 5 heteroatoms. The van der Waals surface area contributed by atoms with Crippen molar-refractivity contribution in [2.75, 3.05) is 5.32 Å². The highest BCUT2D eigenvalue weighted by Gasteiger charge is 2.14. The molecule has 0 aliphatic heterocycles. The fraction of sp³-hybridized carbons (Fsp3) is 0.174. The smallest absolute Gasteiger partial charge is 0.273 e. The van der Waals surface area contributed by atoms with Gasteiger partial charge in [-0.25, -0.2) is 4.98 Å². The number of benzene rings is 2. The number of hydrogen-bond donors (Lipinski definition) is 1. The van der Waals surface area contributed by atoms with Crippen LogP contribution in [0.15, 0.2) is 54.7 Å². The molecule has 5 nitrogen and oxygen atoms in total. The second-order valence-electron chi connectivity index (χ2n) is 7.10. The minimum Gasteiger partial charge on any atom is -0.320 e. The van der Waals surface area contributed by atoms with Gasteiger partial charge in [-0.1, -0.05) is 23.8 Å². The first kappa shape index (κ1) is 17.9. The highest BCUT2D eigenvalue weighted by molar-refractivity contribution is 6.03. The molecule has 140 valence electrons. The molecule has 4 aromatic rings. The van der Waals surface area contributed by atoms with Gasteiger partial charge in [0.15, 0.2) is 0 Å². The Hall–Kier alpha value is -3.47. The highest BCUT2D eigenvalue weighted by Crippen LogP contribution is 2.30. The molecule has 2 heterocycles. The quantitative estimate of drug-likeness (QED) is 0.563. The van der Waals surface area contributed by atoms with E-state index in [1.807, 2.05) is 19.1 Å². The van der Waals surface area contributed by atoms with Crippen molar-refractivity contribution in [1.82, 2.24) is 14.8 Å². The minimum absolute atomic E-state index is 0.172. The van der Waals surface area contributed by atoms with Crippen molar-refractivity contribution in [3.8, 4) is 11.3 Å². The Morgan fingerprint density at radius 3 is 2.54 bits per heavy atom. The third kappa shape index (κ3) is 3.16. The van der Waals surface area contributed by atoms with Crippen LogP contribution in [0.5, 0.6) is 0 Å². The van der Waals surface area contributed by atoms with Gasteiger partial charge in [0.2, 0.25) is 0 Å². The average Bonchev–Trinajstić information content (AvgIpc) is 3.11. The Labute approximate surface area is 164 Å². The first-order valence-corrected chi connectivity index (χ1v) is 9.21. The molecule has 0 spiro atoms. The number of aromatic nitrogens is 3. The maximum Gasteiger partial charge on any atom is 0.273 e. The number of pyridine rings is 1. The Morgan fingerprint density at radius 2 is 1.79 bits per heavy atom. The van der Waals surface area contributed by atoms with Crippen molar-refractivity contribution in [1.29, 1.82) is 0 Å². The van der Waals surface area contributed by atoms with Crippen LogP contribution in [0.3, 0.4) is 0 Å². The van der Waals surface area contributed by atoms with E-state index in [-0.39, 0.29) is 5.91 Å². The van der Waals surface area contributed by atoms with Crippen LogP contribution in [0, 0.1) is 20.8 Å². The lowest BCUT2D eigenvalue weighted by Gasteiger charge is -2.15. The van der Waals surface area contributed by atoms with Crippen LogP contribution in [0.25, 0.3) is 22.2 Å². The number of rotatable bonds is 3. The van der Waals surface area contributed by atoms with Gasteiger partial charge in [-0.15, -0.1) is 0 Å². The summed E-state index contributed by atoms with van der Waals surface area (Å²) >= 11 is 0. The van der Waals surface area contributed by atoms with Crippen LogP contribution in [-0.4, -0.2) is 20.7 Å². The number of carbonyl (C=O) groups excluding carboxylic acids is 1. The van der Waals surface area contributed by atoms with Gasteiger partial charge in [0, 0.05) is 29.9 Å². The Bertz CT molecular complexity index is 1210. The Kier molecular flexibility index (Phi) is 4.43. The summed E-state index contributed by atoms with van der Waals surface area (Å²) in [6.45, 7) is 6.16. The molecule has 2 aromatic carbocycles. The number of nitrogens with one attached hydrogen (secondary N) is 1. The molecule has 0 unspecified atom stereocenters. The zero-order valence-electron chi connectivity index (χ0n) is 16.4. The topological polar surface area (TPSA) is 59.8 Å². The third-order valence-electron chi connectivity index (χ3n) is 5.21. The first-order valence-electron chi connectivity index (χ1n) is 9.21. The van der Waals surface area contributed by atoms with Gasteiger partial charge >= 0.3 is 0 Å². The number of carbonyl (C=O) groups is 1. The van der Waals surface area contributed by atoms with E-state index in [1.54, 1.807) is 24.0 Å².